The standard InChI is InChI=1S/C13H18N2OS/c1-9-3-5-11(6-4-9)15-13(12(14)16)7-8-17-10(13)2/h3-6,10,15H,7-8H2,1-2H3,(H2,14,16). The number of amides is 1. The van der Waals surface area contributed by atoms with Gasteiger partial charge in [0.05, 0.1) is 0 Å². The average Bonchev–Trinajstić information content (AvgIpc) is 2.65. The molecular formula is C13H18N2OS. The quantitative estimate of drug-likeness (QED) is 0.864. The monoisotopic (exact) mass is 250 g/mol. The van der Waals surface area contributed by atoms with Crippen molar-refractivity contribution in [1.82, 2.24) is 0 Å². The fourth-order valence-electron chi connectivity index (χ4n) is 2.19. The molecule has 0 spiro atoms. The summed E-state index contributed by atoms with van der Waals surface area (Å²) in [6.07, 6.45) is 0.794. The number of primary amides is 1. The van der Waals surface area contributed by atoms with E-state index in [4.69, 9.17) is 5.73 Å². The van der Waals surface area contributed by atoms with Crippen molar-refractivity contribution in [2.24, 2.45) is 5.73 Å². The highest BCUT2D eigenvalue weighted by Crippen LogP contribution is 2.38. The van der Waals surface area contributed by atoms with Gasteiger partial charge in [0.1, 0.15) is 5.54 Å². The normalized spacial score (nSPS) is 28.0. The van der Waals surface area contributed by atoms with Crippen LogP contribution in [0.5, 0.6) is 0 Å². The zero-order valence-electron chi connectivity index (χ0n) is 10.2. The van der Waals surface area contributed by atoms with Crippen molar-refractivity contribution in [2.75, 3.05) is 11.1 Å². The van der Waals surface area contributed by atoms with E-state index in [9.17, 15) is 4.79 Å². The van der Waals surface area contributed by atoms with Gasteiger partial charge in [0.25, 0.3) is 0 Å². The number of carbonyl (C=O) groups is 1. The van der Waals surface area contributed by atoms with Crippen LogP contribution in [0.2, 0.25) is 0 Å². The van der Waals surface area contributed by atoms with E-state index in [2.05, 4.69) is 12.2 Å². The molecule has 0 aliphatic carbocycles. The molecule has 17 heavy (non-hydrogen) atoms. The molecule has 1 heterocycles. The van der Waals surface area contributed by atoms with Gasteiger partial charge in [0.15, 0.2) is 0 Å². The molecule has 1 aliphatic heterocycles. The van der Waals surface area contributed by atoms with Crippen LogP contribution in [0.4, 0.5) is 5.69 Å². The lowest BCUT2D eigenvalue weighted by Gasteiger charge is -2.31. The van der Waals surface area contributed by atoms with Gasteiger partial charge in [-0.15, -0.1) is 0 Å². The van der Waals surface area contributed by atoms with Crippen molar-refractivity contribution in [3.63, 3.8) is 0 Å². The predicted octanol–water partition coefficient (Wildman–Crippen LogP) is 2.16. The summed E-state index contributed by atoms with van der Waals surface area (Å²) in [5.41, 5.74) is 7.16. The molecular weight excluding hydrogens is 232 g/mol. The maximum Gasteiger partial charge on any atom is 0.244 e. The maximum absolute atomic E-state index is 11.8. The summed E-state index contributed by atoms with van der Waals surface area (Å²) in [4.78, 5) is 11.8. The third kappa shape index (κ3) is 2.27. The number of aryl methyl sites for hydroxylation is 1. The van der Waals surface area contributed by atoms with Crippen molar-refractivity contribution < 1.29 is 4.79 Å². The third-order valence-corrected chi connectivity index (χ3v) is 4.76. The summed E-state index contributed by atoms with van der Waals surface area (Å²) in [7, 11) is 0. The zero-order chi connectivity index (χ0) is 12.5. The van der Waals surface area contributed by atoms with Crippen LogP contribution in [0, 0.1) is 6.92 Å². The first-order valence-electron chi connectivity index (χ1n) is 5.81. The number of nitrogens with two attached hydrogens (primary N) is 1. The van der Waals surface area contributed by atoms with Crippen LogP contribution in [0.1, 0.15) is 18.9 Å². The number of nitrogens with one attached hydrogen (secondary N) is 1. The highest BCUT2D eigenvalue weighted by atomic mass is 32.2. The number of hydrogen-bond acceptors (Lipinski definition) is 3. The Hall–Kier alpha value is -1.16. The van der Waals surface area contributed by atoms with E-state index in [1.165, 1.54) is 5.56 Å². The Morgan fingerprint density at radius 2 is 2.12 bits per heavy atom. The first-order chi connectivity index (χ1) is 8.04. The smallest absolute Gasteiger partial charge is 0.244 e. The summed E-state index contributed by atoms with van der Waals surface area (Å²) in [6.45, 7) is 4.10. The molecule has 3 nitrogen and oxygen atoms in total. The van der Waals surface area contributed by atoms with E-state index in [-0.39, 0.29) is 11.2 Å². The van der Waals surface area contributed by atoms with Gasteiger partial charge in [0, 0.05) is 10.9 Å². The lowest BCUT2D eigenvalue weighted by Crippen LogP contribution is -2.54. The van der Waals surface area contributed by atoms with Crippen LogP contribution in [0.25, 0.3) is 0 Å². The molecule has 1 saturated heterocycles. The molecule has 0 aromatic heterocycles. The Balaban J connectivity index is 2.24. The molecule has 92 valence electrons. The van der Waals surface area contributed by atoms with Crippen LogP contribution in [-0.4, -0.2) is 22.4 Å². The van der Waals surface area contributed by atoms with Gasteiger partial charge in [0.2, 0.25) is 5.91 Å². The van der Waals surface area contributed by atoms with E-state index >= 15 is 0 Å². The lowest BCUT2D eigenvalue weighted by atomic mass is 9.91. The van der Waals surface area contributed by atoms with Crippen LogP contribution in [0.3, 0.4) is 0 Å². The first kappa shape index (κ1) is 12.3. The second-order valence-electron chi connectivity index (χ2n) is 4.59. The SMILES string of the molecule is Cc1ccc(NC2(C(N)=O)CCSC2C)cc1. The number of carbonyl (C=O) groups excluding carboxylic acids is 1. The molecule has 2 rings (SSSR count). The molecule has 4 heteroatoms. The fraction of sp³-hybridized carbons (Fsp3) is 0.462. The molecule has 1 aliphatic rings. The van der Waals surface area contributed by atoms with Gasteiger partial charge in [-0.2, -0.15) is 11.8 Å². The van der Waals surface area contributed by atoms with Crippen LogP contribution < -0.4 is 11.1 Å². The van der Waals surface area contributed by atoms with Gasteiger partial charge < -0.3 is 11.1 Å². The maximum atomic E-state index is 11.8. The second-order valence-corrected chi connectivity index (χ2v) is 6.04. The van der Waals surface area contributed by atoms with E-state index in [1.807, 2.05) is 31.2 Å². The topological polar surface area (TPSA) is 55.1 Å². The first-order valence-corrected chi connectivity index (χ1v) is 6.86. The molecule has 1 fully saturated rings. The van der Waals surface area contributed by atoms with Crippen molar-refractivity contribution in [3.8, 4) is 0 Å². The Labute approximate surface area is 106 Å². The van der Waals surface area contributed by atoms with Gasteiger partial charge >= 0.3 is 0 Å². The summed E-state index contributed by atoms with van der Waals surface area (Å²) in [5.74, 6) is 0.721. The third-order valence-electron chi connectivity index (χ3n) is 3.42. The molecule has 1 aromatic carbocycles. The van der Waals surface area contributed by atoms with Gasteiger partial charge in [-0.3, -0.25) is 4.79 Å². The molecule has 2 atom stereocenters. The minimum atomic E-state index is -0.597. The largest absolute Gasteiger partial charge is 0.370 e. The average molecular weight is 250 g/mol. The molecule has 1 amide bonds. The molecule has 0 bridgehead atoms. The molecule has 2 unspecified atom stereocenters. The number of anilines is 1. The van der Waals surface area contributed by atoms with Gasteiger partial charge in [-0.05, 0) is 31.2 Å². The van der Waals surface area contributed by atoms with E-state index in [0.29, 0.717) is 0 Å². The molecule has 0 radical (unpaired) electrons. The second kappa shape index (κ2) is 4.61. The summed E-state index contributed by atoms with van der Waals surface area (Å²) < 4.78 is 0. The Kier molecular flexibility index (Phi) is 3.33. The summed E-state index contributed by atoms with van der Waals surface area (Å²) >= 11 is 1.79. The Morgan fingerprint density at radius 1 is 1.47 bits per heavy atom. The minimum Gasteiger partial charge on any atom is -0.370 e. The Bertz CT molecular complexity index is 418. The zero-order valence-corrected chi connectivity index (χ0v) is 11.0. The number of hydrogen-bond donors (Lipinski definition) is 2. The van der Waals surface area contributed by atoms with Gasteiger partial charge in [-0.1, -0.05) is 24.6 Å². The van der Waals surface area contributed by atoms with Crippen molar-refractivity contribution in [2.45, 2.75) is 31.1 Å². The van der Waals surface area contributed by atoms with Crippen molar-refractivity contribution in [1.29, 1.82) is 0 Å². The van der Waals surface area contributed by atoms with E-state index < -0.39 is 5.54 Å². The number of benzene rings is 1. The van der Waals surface area contributed by atoms with E-state index in [1.54, 1.807) is 11.8 Å². The molecule has 3 N–H and O–H groups in total. The number of rotatable bonds is 3. The van der Waals surface area contributed by atoms with Crippen LogP contribution in [0.15, 0.2) is 24.3 Å². The highest BCUT2D eigenvalue weighted by Gasteiger charge is 2.46. The van der Waals surface area contributed by atoms with Crippen molar-refractivity contribution >= 4 is 23.4 Å². The van der Waals surface area contributed by atoms with Crippen LogP contribution in [-0.2, 0) is 4.79 Å². The van der Waals surface area contributed by atoms with E-state index in [0.717, 1.165) is 17.9 Å². The summed E-state index contributed by atoms with van der Waals surface area (Å²) in [6, 6.07) is 8.05. The highest BCUT2D eigenvalue weighted by molar-refractivity contribution is 8.00. The molecule has 0 saturated carbocycles. The van der Waals surface area contributed by atoms with Gasteiger partial charge in [-0.25, -0.2) is 0 Å². The predicted molar refractivity (Wildman–Crippen MR) is 73.3 cm³/mol. The minimum absolute atomic E-state index is 0.210. The number of thioether (sulfide) groups is 1. The lowest BCUT2D eigenvalue weighted by molar-refractivity contribution is -0.122. The Morgan fingerprint density at radius 3 is 2.59 bits per heavy atom. The molecule has 1 aromatic rings. The van der Waals surface area contributed by atoms with Crippen molar-refractivity contribution in [3.05, 3.63) is 29.8 Å². The van der Waals surface area contributed by atoms with Crippen LogP contribution >= 0.6 is 11.8 Å². The summed E-state index contributed by atoms with van der Waals surface area (Å²) in [5, 5.41) is 3.54. The fourth-order valence-corrected chi connectivity index (χ4v) is 3.56.